The number of hydrogen-bond acceptors (Lipinski definition) is 2. The lowest BCUT2D eigenvalue weighted by atomic mass is 9.81. The summed E-state index contributed by atoms with van der Waals surface area (Å²) in [5, 5.41) is 3.03. The van der Waals surface area contributed by atoms with E-state index in [1.165, 1.54) is 0 Å². The topological polar surface area (TPSA) is 55.1 Å². The molecule has 0 aliphatic carbocycles. The zero-order valence-electron chi connectivity index (χ0n) is 12.2. The van der Waals surface area contributed by atoms with E-state index in [1.54, 1.807) is 0 Å². The smallest absolute Gasteiger partial charge is 0.220 e. The van der Waals surface area contributed by atoms with Crippen LogP contribution in [0.1, 0.15) is 53.9 Å². The van der Waals surface area contributed by atoms with Crippen molar-refractivity contribution in [3.05, 3.63) is 0 Å². The molecule has 0 aliphatic rings. The average molecular weight is 242 g/mol. The minimum atomic E-state index is 0.165. The van der Waals surface area contributed by atoms with Crippen LogP contribution in [-0.4, -0.2) is 19.0 Å². The first kappa shape index (κ1) is 16.4. The normalized spacial score (nSPS) is 13.8. The number of nitrogens with one attached hydrogen (secondary N) is 1. The van der Waals surface area contributed by atoms with Crippen molar-refractivity contribution in [3.8, 4) is 0 Å². The van der Waals surface area contributed by atoms with Gasteiger partial charge < -0.3 is 11.1 Å². The molecule has 1 unspecified atom stereocenters. The van der Waals surface area contributed by atoms with E-state index in [-0.39, 0.29) is 11.3 Å². The van der Waals surface area contributed by atoms with E-state index in [0.717, 1.165) is 19.4 Å². The third kappa shape index (κ3) is 7.37. The number of amides is 1. The van der Waals surface area contributed by atoms with Gasteiger partial charge in [-0.1, -0.05) is 34.6 Å². The monoisotopic (exact) mass is 242 g/mol. The van der Waals surface area contributed by atoms with Crippen LogP contribution in [0, 0.1) is 17.3 Å². The Bertz CT molecular complexity index is 224. The number of rotatable bonds is 8. The molecule has 0 bridgehead atoms. The molecule has 0 saturated carbocycles. The largest absolute Gasteiger partial charge is 0.356 e. The second kappa shape index (κ2) is 7.70. The molecule has 0 radical (unpaired) electrons. The lowest BCUT2D eigenvalue weighted by Crippen LogP contribution is -2.37. The molecule has 0 saturated heterocycles. The molecule has 0 spiro atoms. The lowest BCUT2D eigenvalue weighted by molar-refractivity contribution is -0.121. The van der Waals surface area contributed by atoms with Crippen LogP contribution in [0.15, 0.2) is 0 Å². The van der Waals surface area contributed by atoms with Crippen LogP contribution < -0.4 is 11.1 Å². The van der Waals surface area contributed by atoms with E-state index in [1.807, 2.05) is 0 Å². The van der Waals surface area contributed by atoms with Gasteiger partial charge in [-0.15, -0.1) is 0 Å². The van der Waals surface area contributed by atoms with Crippen molar-refractivity contribution in [2.24, 2.45) is 23.0 Å². The van der Waals surface area contributed by atoms with Crippen molar-refractivity contribution in [2.45, 2.75) is 53.9 Å². The Labute approximate surface area is 107 Å². The number of carbonyl (C=O) groups is 1. The third-order valence-corrected chi connectivity index (χ3v) is 3.83. The Balaban J connectivity index is 3.81. The van der Waals surface area contributed by atoms with Gasteiger partial charge in [0.2, 0.25) is 5.91 Å². The Hall–Kier alpha value is -0.570. The predicted molar refractivity (Wildman–Crippen MR) is 73.7 cm³/mol. The van der Waals surface area contributed by atoms with E-state index in [0.29, 0.717) is 24.8 Å². The second-order valence-corrected chi connectivity index (χ2v) is 6.14. The third-order valence-electron chi connectivity index (χ3n) is 3.83. The summed E-state index contributed by atoms with van der Waals surface area (Å²) in [7, 11) is 0. The summed E-state index contributed by atoms with van der Waals surface area (Å²) in [6.07, 6.45) is 2.56. The maximum absolute atomic E-state index is 11.7. The second-order valence-electron chi connectivity index (χ2n) is 6.14. The summed E-state index contributed by atoms with van der Waals surface area (Å²) < 4.78 is 0. The number of hydrogen-bond donors (Lipinski definition) is 2. The van der Waals surface area contributed by atoms with Crippen molar-refractivity contribution in [2.75, 3.05) is 13.1 Å². The first-order chi connectivity index (χ1) is 7.79. The van der Waals surface area contributed by atoms with Crippen molar-refractivity contribution < 1.29 is 4.79 Å². The van der Waals surface area contributed by atoms with E-state index in [4.69, 9.17) is 5.73 Å². The molecule has 0 aromatic carbocycles. The minimum Gasteiger partial charge on any atom is -0.356 e. The molecular weight excluding hydrogens is 212 g/mol. The van der Waals surface area contributed by atoms with Crippen molar-refractivity contribution in [3.63, 3.8) is 0 Å². The fourth-order valence-corrected chi connectivity index (χ4v) is 1.43. The summed E-state index contributed by atoms with van der Waals surface area (Å²) >= 11 is 0. The quantitative estimate of drug-likeness (QED) is 0.687. The summed E-state index contributed by atoms with van der Waals surface area (Å²) in [4.78, 5) is 11.7. The molecular formula is C14H30N2O. The molecule has 0 aromatic rings. The number of nitrogens with two attached hydrogens (primary N) is 1. The molecule has 1 atom stereocenters. The average Bonchev–Trinajstić information content (AvgIpc) is 2.24. The standard InChI is InChI=1S/C14H30N2O/c1-11(2)14(4,5)10-16-13(17)7-6-12(3)8-9-15/h11-12H,6-10,15H2,1-5H3,(H,16,17). The number of carbonyl (C=O) groups excluding carboxylic acids is 1. The van der Waals surface area contributed by atoms with Crippen molar-refractivity contribution in [1.29, 1.82) is 0 Å². The highest BCUT2D eigenvalue weighted by atomic mass is 16.1. The zero-order valence-corrected chi connectivity index (χ0v) is 12.2. The first-order valence-electron chi connectivity index (χ1n) is 6.76. The van der Waals surface area contributed by atoms with Crippen molar-refractivity contribution >= 4 is 5.91 Å². The van der Waals surface area contributed by atoms with Gasteiger partial charge in [0.1, 0.15) is 0 Å². The van der Waals surface area contributed by atoms with Gasteiger partial charge in [-0.3, -0.25) is 4.79 Å². The highest BCUT2D eigenvalue weighted by Crippen LogP contribution is 2.24. The summed E-state index contributed by atoms with van der Waals surface area (Å²) in [5.41, 5.74) is 5.65. The van der Waals surface area contributed by atoms with Gasteiger partial charge in [0, 0.05) is 13.0 Å². The molecule has 3 nitrogen and oxygen atoms in total. The molecule has 17 heavy (non-hydrogen) atoms. The van der Waals surface area contributed by atoms with Gasteiger partial charge in [0.15, 0.2) is 0 Å². The van der Waals surface area contributed by atoms with Crippen LogP contribution in [0.4, 0.5) is 0 Å². The SMILES string of the molecule is CC(CCN)CCC(=O)NCC(C)(C)C(C)C. The van der Waals surface area contributed by atoms with Gasteiger partial charge in [-0.05, 0) is 36.6 Å². The summed E-state index contributed by atoms with van der Waals surface area (Å²) in [6.45, 7) is 12.4. The minimum absolute atomic E-state index is 0.165. The Morgan fingerprint density at radius 3 is 2.29 bits per heavy atom. The molecule has 0 aliphatic heterocycles. The van der Waals surface area contributed by atoms with Gasteiger partial charge in [0.25, 0.3) is 0 Å². The van der Waals surface area contributed by atoms with Gasteiger partial charge in [-0.25, -0.2) is 0 Å². The zero-order chi connectivity index (χ0) is 13.5. The molecule has 3 N–H and O–H groups in total. The van der Waals surface area contributed by atoms with Crippen LogP contribution in [0.25, 0.3) is 0 Å². The van der Waals surface area contributed by atoms with Crippen LogP contribution >= 0.6 is 0 Å². The Morgan fingerprint density at radius 2 is 1.82 bits per heavy atom. The van der Waals surface area contributed by atoms with Crippen molar-refractivity contribution in [1.82, 2.24) is 5.32 Å². The molecule has 0 heterocycles. The maximum Gasteiger partial charge on any atom is 0.220 e. The van der Waals surface area contributed by atoms with Gasteiger partial charge in [0.05, 0.1) is 0 Å². The summed E-state index contributed by atoms with van der Waals surface area (Å²) in [5.74, 6) is 1.28. The Morgan fingerprint density at radius 1 is 1.24 bits per heavy atom. The highest BCUT2D eigenvalue weighted by molar-refractivity contribution is 5.75. The molecule has 0 aromatic heterocycles. The van der Waals surface area contributed by atoms with E-state index in [9.17, 15) is 4.79 Å². The van der Waals surface area contributed by atoms with Gasteiger partial charge in [-0.2, -0.15) is 0 Å². The molecule has 3 heteroatoms. The summed E-state index contributed by atoms with van der Waals surface area (Å²) in [6, 6.07) is 0. The van der Waals surface area contributed by atoms with Gasteiger partial charge >= 0.3 is 0 Å². The molecule has 102 valence electrons. The maximum atomic E-state index is 11.7. The fourth-order valence-electron chi connectivity index (χ4n) is 1.43. The fraction of sp³-hybridized carbons (Fsp3) is 0.929. The first-order valence-corrected chi connectivity index (χ1v) is 6.76. The molecule has 1 amide bonds. The van der Waals surface area contributed by atoms with Crippen LogP contribution in [-0.2, 0) is 4.79 Å². The molecule has 0 rings (SSSR count). The van der Waals surface area contributed by atoms with E-state index in [2.05, 4.69) is 39.9 Å². The van der Waals surface area contributed by atoms with E-state index >= 15 is 0 Å². The van der Waals surface area contributed by atoms with Crippen LogP contribution in [0.3, 0.4) is 0 Å². The predicted octanol–water partition coefficient (Wildman–Crippen LogP) is 2.55. The Kier molecular flexibility index (Phi) is 7.44. The highest BCUT2D eigenvalue weighted by Gasteiger charge is 2.22. The van der Waals surface area contributed by atoms with Crippen LogP contribution in [0.2, 0.25) is 0 Å². The lowest BCUT2D eigenvalue weighted by Gasteiger charge is -2.29. The van der Waals surface area contributed by atoms with Crippen LogP contribution in [0.5, 0.6) is 0 Å². The molecule has 0 fully saturated rings. The van der Waals surface area contributed by atoms with E-state index < -0.39 is 0 Å².